The Hall–Kier alpha value is -0.201. The molecule has 0 aromatic carbocycles. The van der Waals surface area contributed by atoms with Crippen LogP contribution in [0.5, 0.6) is 0 Å². The molecule has 9 nitrogen and oxygen atoms in total. The number of carbonyl (C=O) groups is 2. The Morgan fingerprint density at radius 1 is 1.00 bits per heavy atom. The summed E-state index contributed by atoms with van der Waals surface area (Å²) >= 11 is -3.29. The van der Waals surface area contributed by atoms with Crippen LogP contribution in [-0.2, 0) is 13.4 Å². The van der Waals surface area contributed by atoms with Crippen LogP contribution in [-0.4, -0.2) is 68.6 Å². The van der Waals surface area contributed by atoms with Crippen molar-refractivity contribution in [1.82, 2.24) is 0 Å². The number of aliphatic carboxylic acids is 2. The summed E-state index contributed by atoms with van der Waals surface area (Å²) in [6.45, 7) is 0. The van der Waals surface area contributed by atoms with E-state index < -0.39 is 38.5 Å². The molecule has 0 aromatic rings. The van der Waals surface area contributed by atoms with Gasteiger partial charge in [0.2, 0.25) is 0 Å². The fourth-order valence-corrected chi connectivity index (χ4v) is 2.61. The summed E-state index contributed by atoms with van der Waals surface area (Å²) in [4.78, 5) is 20.5. The van der Waals surface area contributed by atoms with E-state index in [-0.39, 0.29) is 11.5 Å². The van der Waals surface area contributed by atoms with Crippen LogP contribution in [0.25, 0.3) is 0 Å². The molecule has 0 rings (SSSR count). The van der Waals surface area contributed by atoms with E-state index in [1.807, 2.05) is 0 Å². The number of hydrogen-bond acceptors (Lipinski definition) is 7. The van der Waals surface area contributed by atoms with Gasteiger partial charge in [-0.05, 0) is 0 Å². The molecule has 0 bridgehead atoms. The van der Waals surface area contributed by atoms with Crippen LogP contribution >= 0.6 is 21.6 Å². The zero-order chi connectivity index (χ0) is 14.7. The molecule has 0 saturated heterocycles. The maximum absolute atomic E-state index is 10.3. The molecule has 0 aliphatic heterocycles. The Balaban J connectivity index is 0. The Morgan fingerprint density at radius 2 is 1.22 bits per heavy atom. The molecule has 0 aliphatic carbocycles. The second kappa shape index (κ2) is 11.9. The van der Waals surface area contributed by atoms with Crippen molar-refractivity contribution < 1.29 is 32.0 Å². The molecular formula is C6H14N2O7S2Se. The van der Waals surface area contributed by atoms with Crippen molar-refractivity contribution >= 4 is 48.0 Å². The summed E-state index contributed by atoms with van der Waals surface area (Å²) in [5.41, 5.74) is 10.4. The first-order valence-corrected chi connectivity index (χ1v) is 8.91. The summed E-state index contributed by atoms with van der Waals surface area (Å²) in [7, 11) is 2.41. The minimum absolute atomic E-state index is 0.229. The Morgan fingerprint density at radius 3 is 1.39 bits per heavy atom. The van der Waals surface area contributed by atoms with E-state index in [0.29, 0.717) is 0 Å². The van der Waals surface area contributed by atoms with E-state index in [1.165, 1.54) is 21.6 Å². The average Bonchev–Trinajstić information content (AvgIpc) is 2.22. The molecule has 0 heterocycles. The maximum atomic E-state index is 10.3. The Kier molecular flexibility index (Phi) is 13.3. The molecular weight excluding hydrogens is 355 g/mol. The monoisotopic (exact) mass is 370 g/mol. The topological polar surface area (TPSA) is 184 Å². The predicted octanol–water partition coefficient (Wildman–Crippen LogP) is -2.42. The van der Waals surface area contributed by atoms with Gasteiger partial charge in [-0.2, -0.15) is 0 Å². The first-order valence-electron chi connectivity index (χ1n) is 4.19. The number of hydrogen-bond donors (Lipinski definition) is 6. The van der Waals surface area contributed by atoms with Crippen molar-refractivity contribution in [1.29, 1.82) is 0 Å². The molecule has 0 unspecified atom stereocenters. The molecule has 0 spiro atoms. The van der Waals surface area contributed by atoms with Gasteiger partial charge in [0, 0.05) is 11.5 Å². The van der Waals surface area contributed by atoms with Crippen molar-refractivity contribution in [3.8, 4) is 0 Å². The number of nitrogens with two attached hydrogens (primary N) is 2. The van der Waals surface area contributed by atoms with Crippen molar-refractivity contribution in [2.45, 2.75) is 12.1 Å². The molecule has 0 radical (unpaired) electrons. The van der Waals surface area contributed by atoms with Crippen LogP contribution in [0.3, 0.4) is 0 Å². The van der Waals surface area contributed by atoms with E-state index >= 15 is 0 Å². The molecule has 0 aliphatic rings. The van der Waals surface area contributed by atoms with E-state index in [1.54, 1.807) is 0 Å². The van der Waals surface area contributed by atoms with Gasteiger partial charge in [-0.15, -0.1) is 0 Å². The van der Waals surface area contributed by atoms with E-state index in [2.05, 4.69) is 0 Å². The minimum atomic E-state index is -3.29. The third kappa shape index (κ3) is 15.8. The third-order valence-corrected chi connectivity index (χ3v) is 3.69. The van der Waals surface area contributed by atoms with Crippen molar-refractivity contribution in [3.05, 3.63) is 0 Å². The molecule has 8 N–H and O–H groups in total. The molecule has 0 fully saturated rings. The summed E-state index contributed by atoms with van der Waals surface area (Å²) in [6.07, 6.45) is 0. The Bertz CT molecular complexity index is 267. The van der Waals surface area contributed by atoms with Gasteiger partial charge in [-0.1, -0.05) is 21.6 Å². The van der Waals surface area contributed by atoms with Crippen molar-refractivity contribution in [3.63, 3.8) is 0 Å². The quantitative estimate of drug-likeness (QED) is 0.159. The summed E-state index contributed by atoms with van der Waals surface area (Å²) < 4.78 is 23.1. The van der Waals surface area contributed by atoms with E-state index in [9.17, 15) is 9.59 Å². The third-order valence-electron chi connectivity index (χ3n) is 1.21. The van der Waals surface area contributed by atoms with Gasteiger partial charge in [0.15, 0.2) is 0 Å². The van der Waals surface area contributed by atoms with Crippen LogP contribution in [0.15, 0.2) is 0 Å². The van der Waals surface area contributed by atoms with Crippen LogP contribution in [0, 0.1) is 0 Å². The summed E-state index contributed by atoms with van der Waals surface area (Å²) in [5.74, 6) is -1.68. The number of rotatable bonds is 7. The van der Waals surface area contributed by atoms with Crippen molar-refractivity contribution in [2.75, 3.05) is 11.5 Å². The average molecular weight is 369 g/mol. The van der Waals surface area contributed by atoms with E-state index in [0.717, 1.165) is 0 Å². The normalized spacial score (nSPS) is 13.4. The molecule has 12 heteroatoms. The first-order chi connectivity index (χ1) is 8.18. The fraction of sp³-hybridized carbons (Fsp3) is 0.667. The van der Waals surface area contributed by atoms with Gasteiger partial charge in [0.05, 0.1) is 0 Å². The summed E-state index contributed by atoms with van der Waals surface area (Å²) in [5, 5.41) is 16.8. The van der Waals surface area contributed by atoms with Gasteiger partial charge in [-0.3, -0.25) is 9.59 Å². The number of carboxylic acid groups (broad SMARTS) is 2. The molecule has 0 aromatic heterocycles. The molecule has 0 amide bonds. The second-order valence-electron chi connectivity index (χ2n) is 2.69. The molecule has 2 atom stereocenters. The molecule has 0 saturated carbocycles. The van der Waals surface area contributed by atoms with Gasteiger partial charge < -0.3 is 21.7 Å². The van der Waals surface area contributed by atoms with Crippen LogP contribution in [0.4, 0.5) is 0 Å². The van der Waals surface area contributed by atoms with E-state index in [4.69, 9.17) is 33.9 Å². The standard InChI is InChI=1S/C6H12N2O4S2.H2O3Se/c7-3(5(9)10)1-13-14-2-4(8)6(11)12;1-4(2)3/h3-4H,1-2,7-8H2,(H,9,10)(H,11,12);(H2,1,2,3)/t3-,4-;/m0./s1. The zero-order valence-electron chi connectivity index (χ0n) is 8.96. The van der Waals surface area contributed by atoms with Crippen molar-refractivity contribution in [2.24, 2.45) is 11.5 Å². The van der Waals surface area contributed by atoms with Gasteiger partial charge in [-0.25, -0.2) is 0 Å². The van der Waals surface area contributed by atoms with Crippen LogP contribution in [0.1, 0.15) is 0 Å². The molecule has 108 valence electrons. The first kappa shape index (κ1) is 20.1. The van der Waals surface area contributed by atoms with Gasteiger partial charge in [0.1, 0.15) is 12.1 Å². The SMILES string of the molecule is N[C@@H](CSSC[C@H](N)C(=O)O)C(=O)O.O=[Se](O)O. The molecule has 18 heavy (non-hydrogen) atoms. The van der Waals surface area contributed by atoms with Crippen LogP contribution in [0.2, 0.25) is 0 Å². The number of carboxylic acids is 2. The predicted molar refractivity (Wildman–Crippen MR) is 67.0 cm³/mol. The Labute approximate surface area is 115 Å². The second-order valence-corrected chi connectivity index (χ2v) is 6.21. The fourth-order valence-electron chi connectivity index (χ4n) is 0.385. The van der Waals surface area contributed by atoms with Crippen LogP contribution < -0.4 is 11.5 Å². The van der Waals surface area contributed by atoms with Gasteiger partial charge >= 0.3 is 38.6 Å². The zero-order valence-corrected chi connectivity index (χ0v) is 12.3. The van der Waals surface area contributed by atoms with Gasteiger partial charge in [0.25, 0.3) is 0 Å². The summed E-state index contributed by atoms with van der Waals surface area (Å²) in [6, 6.07) is -1.85.